The summed E-state index contributed by atoms with van der Waals surface area (Å²) in [6.07, 6.45) is 2.79. The van der Waals surface area contributed by atoms with E-state index >= 15 is 0 Å². The lowest BCUT2D eigenvalue weighted by atomic mass is 9.82. The fourth-order valence-electron chi connectivity index (χ4n) is 1.47. The van der Waals surface area contributed by atoms with Crippen molar-refractivity contribution in [3.63, 3.8) is 0 Å². The minimum atomic E-state index is -1.30. The van der Waals surface area contributed by atoms with Gasteiger partial charge in [0, 0.05) is 6.42 Å². The van der Waals surface area contributed by atoms with Gasteiger partial charge in [0.15, 0.2) is 0 Å². The van der Waals surface area contributed by atoms with E-state index in [1.165, 1.54) is 6.42 Å². The highest BCUT2D eigenvalue weighted by Gasteiger charge is 2.13. The number of hydrogen-bond donors (Lipinski definition) is 6. The molecule has 0 spiro atoms. The topological polar surface area (TPSA) is 173 Å². The maximum Gasteiger partial charge on any atom is 0.451 e. The van der Waals surface area contributed by atoms with Crippen LogP contribution in [0.25, 0.3) is 0 Å². The van der Waals surface area contributed by atoms with E-state index in [0.717, 1.165) is 0 Å². The van der Waals surface area contributed by atoms with Crippen molar-refractivity contribution in [1.29, 1.82) is 0 Å². The maximum atomic E-state index is 10.3. The van der Waals surface area contributed by atoms with E-state index in [1.54, 1.807) is 0 Å². The molecule has 9 heteroatoms. The Balaban J connectivity index is -0.000000341. The molecule has 2 atom stereocenters. The number of rotatable bonds is 9. The molecule has 144 valence electrons. The number of carboxylic acid groups (broad SMARTS) is 1. The fourth-order valence-corrected chi connectivity index (χ4v) is 1.47. The van der Waals surface area contributed by atoms with Crippen LogP contribution in [0.1, 0.15) is 53.4 Å². The standard InChI is InChI=1S/C7H16BNO4.C5H12N2O.C3H8/c9-5-6(4-7(10)11)2-1-3-8(12)13;1-3(2)4(6)5(7)8;1-3-2/h6,12-13H,1-5,9H2,(H,10,11);3-4H,6H2,1-2H3,(H2,7,8);3H2,1-2H3. The van der Waals surface area contributed by atoms with Gasteiger partial charge in [-0.2, -0.15) is 0 Å². The van der Waals surface area contributed by atoms with Crippen LogP contribution in [0.3, 0.4) is 0 Å². The summed E-state index contributed by atoms with van der Waals surface area (Å²) < 4.78 is 0. The zero-order valence-corrected chi connectivity index (χ0v) is 15.4. The molecule has 0 aliphatic carbocycles. The smallest absolute Gasteiger partial charge is 0.451 e. The Labute approximate surface area is 145 Å². The summed E-state index contributed by atoms with van der Waals surface area (Å²) >= 11 is 0. The molecule has 0 fully saturated rings. The third kappa shape index (κ3) is 23.1. The summed E-state index contributed by atoms with van der Waals surface area (Å²) in [6, 6.07) is -0.491. The van der Waals surface area contributed by atoms with Gasteiger partial charge in [-0.05, 0) is 31.1 Å². The molecule has 1 amide bonds. The number of hydrogen-bond acceptors (Lipinski definition) is 6. The zero-order chi connectivity index (χ0) is 19.7. The van der Waals surface area contributed by atoms with Gasteiger partial charge < -0.3 is 32.4 Å². The van der Waals surface area contributed by atoms with E-state index in [-0.39, 0.29) is 24.6 Å². The lowest BCUT2D eigenvalue weighted by Crippen LogP contribution is -2.40. The molecule has 0 saturated carbocycles. The average Bonchev–Trinajstić information content (AvgIpc) is 2.45. The third-order valence-corrected chi connectivity index (χ3v) is 2.92. The quantitative estimate of drug-likeness (QED) is 0.321. The first-order valence-electron chi connectivity index (χ1n) is 8.36. The Kier molecular flexibility index (Phi) is 21.0. The number of carboxylic acids is 1. The van der Waals surface area contributed by atoms with Crippen LogP contribution in [0.4, 0.5) is 0 Å². The Hall–Kier alpha value is -1.16. The lowest BCUT2D eigenvalue weighted by Gasteiger charge is -2.11. The van der Waals surface area contributed by atoms with Crippen LogP contribution in [0, 0.1) is 11.8 Å². The summed E-state index contributed by atoms with van der Waals surface area (Å²) in [5.41, 5.74) is 15.5. The largest absolute Gasteiger partial charge is 0.481 e. The number of amides is 1. The van der Waals surface area contributed by atoms with Crippen LogP contribution in [0.2, 0.25) is 6.32 Å². The molecular formula is C15H36BN3O5. The van der Waals surface area contributed by atoms with Crippen LogP contribution in [-0.2, 0) is 9.59 Å². The highest BCUT2D eigenvalue weighted by molar-refractivity contribution is 6.40. The fraction of sp³-hybridized carbons (Fsp3) is 0.867. The molecule has 0 aliphatic rings. The zero-order valence-electron chi connectivity index (χ0n) is 15.4. The SMILES string of the molecule is CC(C)C(N)C(N)=O.CCC.NCC(CCCB(O)O)CC(=O)O. The molecule has 0 bridgehead atoms. The van der Waals surface area contributed by atoms with Gasteiger partial charge in [-0.1, -0.05) is 40.5 Å². The van der Waals surface area contributed by atoms with Gasteiger partial charge >= 0.3 is 13.1 Å². The van der Waals surface area contributed by atoms with Gasteiger partial charge in [0.1, 0.15) is 0 Å². The van der Waals surface area contributed by atoms with Crippen LogP contribution < -0.4 is 17.2 Å². The molecular weight excluding hydrogens is 313 g/mol. The lowest BCUT2D eigenvalue weighted by molar-refractivity contribution is -0.138. The molecule has 24 heavy (non-hydrogen) atoms. The van der Waals surface area contributed by atoms with Gasteiger partial charge in [-0.25, -0.2) is 0 Å². The second kappa shape index (κ2) is 18.2. The van der Waals surface area contributed by atoms with Crippen LogP contribution in [-0.4, -0.2) is 46.7 Å². The van der Waals surface area contributed by atoms with Crippen molar-refractivity contribution < 1.29 is 24.7 Å². The summed E-state index contributed by atoms with van der Waals surface area (Å²) in [5, 5.41) is 25.5. The monoisotopic (exact) mass is 349 g/mol. The summed E-state index contributed by atoms with van der Waals surface area (Å²) in [6.45, 7) is 8.29. The minimum Gasteiger partial charge on any atom is -0.481 e. The predicted molar refractivity (Wildman–Crippen MR) is 97.0 cm³/mol. The number of carbonyl (C=O) groups is 2. The predicted octanol–water partition coefficient (Wildman–Crippen LogP) is 0.160. The highest BCUT2D eigenvalue weighted by atomic mass is 16.4. The van der Waals surface area contributed by atoms with E-state index in [9.17, 15) is 9.59 Å². The van der Waals surface area contributed by atoms with Gasteiger partial charge in [0.25, 0.3) is 0 Å². The number of nitrogens with two attached hydrogens (primary N) is 3. The average molecular weight is 349 g/mol. The van der Waals surface area contributed by atoms with E-state index in [0.29, 0.717) is 19.4 Å². The van der Waals surface area contributed by atoms with Crippen molar-refractivity contribution in [3.05, 3.63) is 0 Å². The van der Waals surface area contributed by atoms with Gasteiger partial charge in [0.05, 0.1) is 6.04 Å². The van der Waals surface area contributed by atoms with Crippen LogP contribution in [0.5, 0.6) is 0 Å². The van der Waals surface area contributed by atoms with E-state index in [2.05, 4.69) is 13.8 Å². The molecule has 8 nitrogen and oxygen atoms in total. The number of carbonyl (C=O) groups excluding carboxylic acids is 1. The van der Waals surface area contributed by atoms with E-state index in [1.807, 2.05) is 13.8 Å². The highest BCUT2D eigenvalue weighted by Crippen LogP contribution is 2.12. The Morgan fingerprint density at radius 3 is 1.83 bits per heavy atom. The maximum absolute atomic E-state index is 10.3. The van der Waals surface area contributed by atoms with Crippen LogP contribution in [0.15, 0.2) is 0 Å². The molecule has 2 unspecified atom stereocenters. The second-order valence-corrected chi connectivity index (χ2v) is 5.99. The van der Waals surface area contributed by atoms with E-state index in [4.69, 9.17) is 32.4 Å². The number of aliphatic carboxylic acids is 1. The number of primary amides is 1. The summed E-state index contributed by atoms with van der Waals surface area (Å²) in [5.74, 6) is -1.20. The van der Waals surface area contributed by atoms with Crippen molar-refractivity contribution in [2.45, 2.75) is 65.7 Å². The second-order valence-electron chi connectivity index (χ2n) is 5.99. The Morgan fingerprint density at radius 1 is 1.17 bits per heavy atom. The third-order valence-electron chi connectivity index (χ3n) is 2.92. The van der Waals surface area contributed by atoms with Crippen molar-refractivity contribution in [1.82, 2.24) is 0 Å². The Morgan fingerprint density at radius 2 is 1.62 bits per heavy atom. The van der Waals surface area contributed by atoms with Gasteiger partial charge in [-0.3, -0.25) is 9.59 Å². The first-order valence-corrected chi connectivity index (χ1v) is 8.36. The van der Waals surface area contributed by atoms with E-state index < -0.39 is 25.0 Å². The molecule has 0 aliphatic heterocycles. The van der Waals surface area contributed by atoms with Gasteiger partial charge in [0.2, 0.25) is 5.91 Å². The van der Waals surface area contributed by atoms with Crippen molar-refractivity contribution >= 4 is 19.0 Å². The first-order chi connectivity index (χ1) is 11.0. The van der Waals surface area contributed by atoms with Crippen molar-refractivity contribution in [2.75, 3.05) is 6.54 Å². The molecule has 0 saturated heterocycles. The van der Waals surface area contributed by atoms with Crippen LogP contribution >= 0.6 is 0 Å². The molecule has 9 N–H and O–H groups in total. The molecule has 0 aromatic carbocycles. The Bertz CT molecular complexity index is 317. The molecule has 0 aromatic heterocycles. The molecule has 0 heterocycles. The summed E-state index contributed by atoms with van der Waals surface area (Å²) in [7, 11) is -1.30. The molecule has 0 rings (SSSR count). The van der Waals surface area contributed by atoms with Crippen molar-refractivity contribution in [3.8, 4) is 0 Å². The molecule has 0 radical (unpaired) electrons. The van der Waals surface area contributed by atoms with Crippen molar-refractivity contribution in [2.24, 2.45) is 29.0 Å². The summed E-state index contributed by atoms with van der Waals surface area (Å²) in [4.78, 5) is 20.5. The normalized spacial score (nSPS) is 12.2. The first kappa shape index (κ1) is 27.7. The molecule has 0 aromatic rings. The minimum absolute atomic E-state index is 0.0536. The van der Waals surface area contributed by atoms with Gasteiger partial charge in [-0.15, -0.1) is 0 Å².